The predicted molar refractivity (Wildman–Crippen MR) is 491 cm³/mol. The average molecular weight is 2110 g/mol. The van der Waals surface area contributed by atoms with Gasteiger partial charge in [0.05, 0.1) is 77.4 Å². The Morgan fingerprint density at radius 1 is 0.366 bits per heavy atom. The lowest BCUT2D eigenvalue weighted by Gasteiger charge is -2.34. The molecule has 14 aromatic rings. The van der Waals surface area contributed by atoms with Gasteiger partial charge in [-0.2, -0.15) is 19.9 Å². The van der Waals surface area contributed by atoms with Gasteiger partial charge >= 0.3 is 44.8 Å². The molecule has 0 radical (unpaired) electrons. The molecule has 0 bridgehead atoms. The van der Waals surface area contributed by atoms with E-state index in [2.05, 4.69) is 79.7 Å². The molecule has 6 aliphatic heterocycles. The number of ether oxygens (including phenoxy) is 7. The Morgan fingerprint density at radius 2 is 0.669 bits per heavy atom. The highest BCUT2D eigenvalue weighted by atomic mass is 31.2. The van der Waals surface area contributed by atoms with Crippen molar-refractivity contribution in [3.63, 3.8) is 0 Å². The van der Waals surface area contributed by atoms with Crippen LogP contribution in [0.4, 0.5) is 29.6 Å². The predicted octanol–water partition coefficient (Wildman–Crippen LogP) is 1.71. The van der Waals surface area contributed by atoms with Crippen LogP contribution in [0.25, 0.3) is 66.9 Å². The maximum atomic E-state index is 14.9. The Labute approximate surface area is 807 Å². The number of phosphoric acid groups is 5. The summed E-state index contributed by atoms with van der Waals surface area (Å²) in [5.74, 6) is -1.47. The van der Waals surface area contributed by atoms with Crippen LogP contribution in [0.15, 0.2) is 152 Å². The lowest BCUT2D eigenvalue weighted by atomic mass is 9.84. The maximum Gasteiger partial charge on any atom is 0.472 e. The zero-order valence-corrected chi connectivity index (χ0v) is 79.2. The summed E-state index contributed by atoms with van der Waals surface area (Å²) in [4.78, 5) is 195. The molecule has 11 aromatic heterocycles. The SMILES string of the molecule is Cc1cn([C@H]2C[C@H](OP(=O)(O)OC[C@H]3O[C@@H](n4cnc5c(=O)[nH]c(N)nc54)C[C@@H]3OP(=O)(O)OC[C@H]3O[C@@H](n4cnc5c(=O)[nH]c(N)nc54)C[C@@H]3OP(=O)(O)OC[C@H]3O[C@@H](n4cnc5c(=O)[nH]c(N)nc54)C[C@@H]3OP(=O)(O)OC[C@H]3O[C@@H](n4cnc5c(N)ncnc54)C[C@@H]3OP(=O)(O)OC[C@H]3O[C@@H](n4cnc5c(=O)[nH]c(N)nc54)C[C@@H]3O)[C@@H](COC3(c4ccccc4)c4ccccc4-c4ccccc43)O2)c(=O)[nH]c1=O. The summed E-state index contributed by atoms with van der Waals surface area (Å²) in [7, 11) is -27.8. The normalized spacial score (nSPS) is 27.2. The molecule has 61 nitrogen and oxygen atoms in total. The van der Waals surface area contributed by atoms with Crippen LogP contribution in [-0.2, 0) is 107 Å². The number of aromatic amines is 5. The van der Waals surface area contributed by atoms with Crippen molar-refractivity contribution in [2.75, 3.05) is 68.3 Å². The smallest absolute Gasteiger partial charge is 0.390 e. The number of H-pyrrole nitrogens is 5. The molecule has 6 fully saturated rings. The number of anilines is 5. The monoisotopic (exact) mass is 2110 g/mol. The highest BCUT2D eigenvalue weighted by Gasteiger charge is 2.54. The number of aliphatic hydroxyl groups excluding tert-OH is 1. The number of hydrogen-bond donors (Lipinski definition) is 16. The van der Waals surface area contributed by atoms with Crippen molar-refractivity contribution in [1.29, 1.82) is 0 Å². The van der Waals surface area contributed by atoms with E-state index in [1.165, 1.54) is 44.0 Å². The number of aromatic nitrogens is 22. The van der Waals surface area contributed by atoms with Gasteiger partial charge in [-0.1, -0.05) is 78.9 Å². The second-order valence-corrected chi connectivity index (χ2v) is 41.4. The van der Waals surface area contributed by atoms with E-state index in [9.17, 15) is 81.2 Å². The van der Waals surface area contributed by atoms with Crippen LogP contribution in [0.3, 0.4) is 0 Å². The number of nitrogen functional groups attached to an aromatic ring is 5. The van der Waals surface area contributed by atoms with Crippen LogP contribution >= 0.6 is 39.1 Å². The van der Waals surface area contributed by atoms with Crippen LogP contribution in [0.2, 0.25) is 0 Å². The van der Waals surface area contributed by atoms with E-state index in [0.29, 0.717) is 5.56 Å². The summed E-state index contributed by atoms with van der Waals surface area (Å²) in [6, 6.07) is 24.4. The van der Waals surface area contributed by atoms with Crippen LogP contribution in [0.5, 0.6) is 0 Å². The molecule has 17 heterocycles. The number of nitrogens with zero attached hydrogens (tertiary/aromatic N) is 17. The molecule has 3 aromatic carbocycles. The fourth-order valence-electron chi connectivity index (χ4n) is 18.7. The van der Waals surface area contributed by atoms with Gasteiger partial charge in [0, 0.05) is 61.4 Å². The van der Waals surface area contributed by atoms with E-state index in [-0.39, 0.29) is 98.4 Å². The average Bonchev–Trinajstić information content (AvgIpc) is 1.55. The summed E-state index contributed by atoms with van der Waals surface area (Å²) in [6.45, 7) is -4.10. The number of phosphoric ester groups is 5. The maximum absolute atomic E-state index is 14.9. The molecule has 6 saturated heterocycles. The van der Waals surface area contributed by atoms with Gasteiger partial charge in [-0.15, -0.1) is 0 Å². The fraction of sp³-hybridized carbons (Fsp3) is 0.405. The molecule has 66 heteroatoms. The second kappa shape index (κ2) is 38.4. The number of nitrogens with two attached hydrogens (primary N) is 5. The van der Waals surface area contributed by atoms with E-state index in [1.807, 2.05) is 78.9 Å². The van der Waals surface area contributed by atoms with Gasteiger partial charge in [0.1, 0.15) is 122 Å². The molecule has 0 saturated carbocycles. The zero-order chi connectivity index (χ0) is 101. The van der Waals surface area contributed by atoms with Crippen molar-refractivity contribution < 1.29 is 131 Å². The van der Waals surface area contributed by atoms with Crippen LogP contribution in [0.1, 0.15) is 98.1 Å². The molecule has 0 spiro atoms. The molecular formula is C79H86N27O34P5. The van der Waals surface area contributed by atoms with Crippen LogP contribution in [0, 0.1) is 6.92 Å². The van der Waals surface area contributed by atoms with Crippen molar-refractivity contribution >= 4 is 125 Å². The first-order chi connectivity index (χ1) is 69.2. The molecule has 23 atom stereocenters. The Kier molecular flexibility index (Phi) is 26.1. The van der Waals surface area contributed by atoms with Crippen molar-refractivity contribution in [3.8, 4) is 11.1 Å². The first-order valence-electron chi connectivity index (χ1n) is 44.2. The third kappa shape index (κ3) is 19.6. The molecule has 21 N–H and O–H groups in total. The number of benzene rings is 3. The molecule has 21 rings (SSSR count). The van der Waals surface area contributed by atoms with Crippen LogP contribution in [-0.4, -0.2) is 250 Å². The summed E-state index contributed by atoms with van der Waals surface area (Å²) >= 11 is 0. The summed E-state index contributed by atoms with van der Waals surface area (Å²) in [5, 5.41) is 11.1. The number of aryl methyl sites for hydroxylation is 1. The molecule has 7 aliphatic rings. The van der Waals surface area contributed by atoms with Gasteiger partial charge in [0.2, 0.25) is 23.8 Å². The number of imidazole rings is 5. The van der Waals surface area contributed by atoms with Gasteiger partial charge in [-0.25, -0.2) is 62.5 Å². The third-order valence-electron chi connectivity index (χ3n) is 25.2. The molecule has 1 aliphatic carbocycles. The molecule has 145 heavy (non-hydrogen) atoms. The van der Waals surface area contributed by atoms with E-state index in [0.717, 1.165) is 56.7 Å². The largest absolute Gasteiger partial charge is 0.472 e. The Hall–Kier alpha value is -12.5. The Balaban J connectivity index is 0.522. The number of fused-ring (bicyclic) bond motifs is 8. The van der Waals surface area contributed by atoms with Gasteiger partial charge in [-0.05, 0) is 23.6 Å². The van der Waals surface area contributed by atoms with Crippen LogP contribution < -0.4 is 62.2 Å². The first kappa shape index (κ1) is 98.5. The lowest BCUT2D eigenvalue weighted by molar-refractivity contribution is -0.0942. The fourth-order valence-corrected chi connectivity index (χ4v) is 23.5. The Morgan fingerprint density at radius 3 is 1.03 bits per heavy atom. The number of rotatable bonds is 35. The van der Waals surface area contributed by atoms with E-state index in [1.54, 1.807) is 0 Å². The van der Waals surface area contributed by atoms with E-state index >= 15 is 0 Å². The first-order valence-corrected chi connectivity index (χ1v) is 51.6. The van der Waals surface area contributed by atoms with Gasteiger partial charge < -0.3 is 91.4 Å². The minimum atomic E-state index is -5.71. The van der Waals surface area contributed by atoms with Gasteiger partial charge in [0.25, 0.3) is 27.8 Å². The highest BCUT2D eigenvalue weighted by molar-refractivity contribution is 7.48. The third-order valence-corrected chi connectivity index (χ3v) is 30.3. The van der Waals surface area contributed by atoms with E-state index < -0.39 is 260 Å². The molecule has 766 valence electrons. The number of hydrogen-bond acceptors (Lipinski definition) is 45. The standard InChI is InChI=1S/C79H86N27O34P5/c1-34-21-101(78(113)100-69(34)108)53-16-41(47(131-53)22-124-79(35-9-3-2-4-10-35)38-13-7-5-11-36(38)37-12-6-8-14-39(37)79)136-142(116,117)126-25-49-43(18-55(133-49)104-31-89-60-66(104)93-75(82)97-71(60)110)139-144(120,121)128-27-51-45(20-57(135-51)106-33-91-62-68(106)95-77(84)99-73(62)112)140-145(122,123)129-26-50-44(19-56(134-50)105-32-90-61-67(105)94-76(83)98-72(61)111)138-143(118,119)127-24-48-42(17-54(132-48)102-29-87-58-63(80)85-28-86-64(58)102)137-141(114,115)125-23-46-40(107)15-52(130-46)103-30-88-59-65(103)92-74(81)96-70(59)109/h2-14,21,28-33,40-57,107H,15-20,22-27H2,1H3,(H,114,115)(H,116,117)(H,118,119)(H,120,121)(H,122,123)(H2,80,85,86)(H,100,108,113)(H3,81,92,96,109)(H3,82,93,97,110)(H3,83,94,98,111)(H3,84,95,99,112)/t40-,41-,42-,43-,44-,45-,46+,47+,48+,49+,50+,51+,52+,53+,54+,55+,56+,57+/m0/s1. The summed E-state index contributed by atoms with van der Waals surface area (Å²) in [6.07, 6.45) is -21.7. The minimum Gasteiger partial charge on any atom is -0.390 e. The van der Waals surface area contributed by atoms with E-state index in [4.69, 9.17) is 107 Å². The summed E-state index contributed by atoms with van der Waals surface area (Å²) in [5.41, 5.74) is 26.5. The Bertz CT molecular complexity index is 7990. The van der Waals surface area contributed by atoms with Crippen molar-refractivity contribution in [3.05, 3.63) is 208 Å². The van der Waals surface area contributed by atoms with Crippen molar-refractivity contribution in [2.45, 2.75) is 162 Å². The van der Waals surface area contributed by atoms with Gasteiger partial charge in [0.15, 0.2) is 56.1 Å². The lowest BCUT2D eigenvalue weighted by Crippen LogP contribution is -2.37. The minimum absolute atomic E-state index is 0.00166. The molecular weight excluding hydrogens is 2030 g/mol. The highest BCUT2D eigenvalue weighted by Crippen LogP contribution is 2.59. The summed E-state index contributed by atoms with van der Waals surface area (Å²) < 4.78 is 183. The molecule has 0 amide bonds. The quantitative estimate of drug-likeness (QED) is 0.0251. The zero-order valence-electron chi connectivity index (χ0n) is 74.8. The number of aliphatic hydroxyl groups is 1. The van der Waals surface area contributed by atoms with Crippen molar-refractivity contribution in [2.24, 2.45) is 0 Å². The van der Waals surface area contributed by atoms with Gasteiger partial charge in [-0.3, -0.25) is 122 Å². The topological polar surface area (TPSA) is 846 Å². The molecule has 5 unspecified atom stereocenters. The van der Waals surface area contributed by atoms with Crippen molar-refractivity contribution in [1.82, 2.24) is 107 Å². The number of nitrogens with one attached hydrogen (secondary N) is 5. The second-order valence-electron chi connectivity index (χ2n) is 34.4.